The lowest BCUT2D eigenvalue weighted by Gasteiger charge is -2.22. The highest BCUT2D eigenvalue weighted by Crippen LogP contribution is 2.35. The number of hydrogen-bond donors (Lipinski definition) is 2. The van der Waals surface area contributed by atoms with Crippen molar-refractivity contribution in [2.24, 2.45) is 0 Å². The zero-order valence-corrected chi connectivity index (χ0v) is 20.7. The van der Waals surface area contributed by atoms with Crippen molar-refractivity contribution in [1.29, 1.82) is 0 Å². The maximum absolute atomic E-state index is 13.0. The van der Waals surface area contributed by atoms with E-state index in [-0.39, 0.29) is 5.91 Å². The Balaban J connectivity index is 1.49. The number of anilines is 3. The molecule has 0 bridgehead atoms. The molecule has 1 saturated carbocycles. The number of benzene rings is 3. The molecule has 1 amide bonds. The molecule has 0 radical (unpaired) electrons. The van der Waals surface area contributed by atoms with Crippen molar-refractivity contribution in [1.82, 2.24) is 0 Å². The van der Waals surface area contributed by atoms with Gasteiger partial charge in [-0.05, 0) is 72.9 Å². The fourth-order valence-corrected chi connectivity index (χ4v) is 4.69. The quantitative estimate of drug-likeness (QED) is 0.341. The second-order valence-electron chi connectivity index (χ2n) is 8.64. The molecule has 0 aromatic heterocycles. The van der Waals surface area contributed by atoms with Crippen LogP contribution in [0.25, 0.3) is 0 Å². The van der Waals surface area contributed by atoms with Gasteiger partial charge in [0.25, 0.3) is 5.91 Å². The SMILES string of the molecule is COC(=O)c1cc(OC)ccc1Nc1cccc(C(=O)Nc2ccc(C3CCCCC3)cc2Cl)c1. The van der Waals surface area contributed by atoms with Gasteiger partial charge in [0.1, 0.15) is 5.75 Å². The summed E-state index contributed by atoms with van der Waals surface area (Å²) < 4.78 is 10.1. The van der Waals surface area contributed by atoms with Crippen molar-refractivity contribution in [2.45, 2.75) is 38.0 Å². The molecule has 4 rings (SSSR count). The van der Waals surface area contributed by atoms with E-state index in [0.29, 0.717) is 44.9 Å². The molecule has 0 heterocycles. The molecule has 0 spiro atoms. The number of esters is 1. The highest BCUT2D eigenvalue weighted by molar-refractivity contribution is 6.34. The summed E-state index contributed by atoms with van der Waals surface area (Å²) in [4.78, 5) is 25.2. The molecule has 0 unspecified atom stereocenters. The van der Waals surface area contributed by atoms with Crippen LogP contribution >= 0.6 is 11.6 Å². The number of ether oxygens (including phenoxy) is 2. The molecular weight excluding hydrogens is 464 g/mol. The van der Waals surface area contributed by atoms with Crippen molar-refractivity contribution in [2.75, 3.05) is 24.9 Å². The van der Waals surface area contributed by atoms with Gasteiger partial charge in [-0.15, -0.1) is 0 Å². The molecule has 2 N–H and O–H groups in total. The molecule has 182 valence electrons. The van der Waals surface area contributed by atoms with Gasteiger partial charge >= 0.3 is 5.97 Å². The summed E-state index contributed by atoms with van der Waals surface area (Å²) in [5.41, 5.74) is 3.78. The summed E-state index contributed by atoms with van der Waals surface area (Å²) >= 11 is 6.52. The molecule has 1 fully saturated rings. The van der Waals surface area contributed by atoms with Crippen LogP contribution in [0.4, 0.5) is 17.1 Å². The highest BCUT2D eigenvalue weighted by Gasteiger charge is 2.18. The molecule has 0 atom stereocenters. The van der Waals surface area contributed by atoms with Crippen LogP contribution in [0.5, 0.6) is 5.75 Å². The summed E-state index contributed by atoms with van der Waals surface area (Å²) in [6, 6.07) is 18.0. The Morgan fingerprint density at radius 2 is 1.69 bits per heavy atom. The summed E-state index contributed by atoms with van der Waals surface area (Å²) in [7, 11) is 2.85. The molecular formula is C28H29ClN2O4. The van der Waals surface area contributed by atoms with E-state index in [9.17, 15) is 9.59 Å². The largest absolute Gasteiger partial charge is 0.497 e. The Kier molecular flexibility index (Phi) is 7.93. The Hall–Kier alpha value is -3.51. The third-order valence-corrected chi connectivity index (χ3v) is 6.67. The van der Waals surface area contributed by atoms with Crippen LogP contribution in [0, 0.1) is 0 Å². The third-order valence-electron chi connectivity index (χ3n) is 6.35. The minimum Gasteiger partial charge on any atom is -0.497 e. The predicted octanol–water partition coefficient (Wildman–Crippen LogP) is 7.18. The van der Waals surface area contributed by atoms with Crippen LogP contribution in [0.15, 0.2) is 60.7 Å². The van der Waals surface area contributed by atoms with E-state index in [2.05, 4.69) is 16.7 Å². The standard InChI is InChI=1S/C28H29ClN2O4/c1-34-22-12-14-25(23(17-22)28(33)35-2)30-21-10-6-9-20(15-21)27(32)31-26-13-11-19(16-24(26)29)18-7-4-3-5-8-18/h6,9-18,30H,3-5,7-8H2,1-2H3,(H,31,32). The highest BCUT2D eigenvalue weighted by atomic mass is 35.5. The molecule has 1 aliphatic rings. The first-order valence-electron chi connectivity index (χ1n) is 11.7. The smallest absolute Gasteiger partial charge is 0.340 e. The maximum atomic E-state index is 13.0. The van der Waals surface area contributed by atoms with Crippen LogP contribution in [0.2, 0.25) is 5.02 Å². The van der Waals surface area contributed by atoms with Crippen molar-refractivity contribution < 1.29 is 19.1 Å². The third kappa shape index (κ3) is 5.95. The van der Waals surface area contributed by atoms with Crippen LogP contribution in [0.3, 0.4) is 0 Å². The monoisotopic (exact) mass is 492 g/mol. The average molecular weight is 493 g/mol. The first kappa shape index (κ1) is 24.6. The maximum Gasteiger partial charge on any atom is 0.340 e. The van der Waals surface area contributed by atoms with E-state index < -0.39 is 5.97 Å². The van der Waals surface area contributed by atoms with Gasteiger partial charge < -0.3 is 20.1 Å². The summed E-state index contributed by atoms with van der Waals surface area (Å²) in [6.45, 7) is 0. The zero-order chi connectivity index (χ0) is 24.8. The van der Waals surface area contributed by atoms with Crippen molar-refractivity contribution in [3.63, 3.8) is 0 Å². The van der Waals surface area contributed by atoms with Gasteiger partial charge in [0.2, 0.25) is 0 Å². The molecule has 0 saturated heterocycles. The van der Waals surface area contributed by atoms with Gasteiger partial charge in [0.05, 0.1) is 36.2 Å². The second kappa shape index (κ2) is 11.3. The van der Waals surface area contributed by atoms with Gasteiger partial charge in [-0.1, -0.05) is 43.0 Å². The lowest BCUT2D eigenvalue weighted by atomic mass is 9.84. The van der Waals surface area contributed by atoms with Crippen LogP contribution in [-0.4, -0.2) is 26.1 Å². The first-order chi connectivity index (χ1) is 17.0. The molecule has 35 heavy (non-hydrogen) atoms. The summed E-state index contributed by atoms with van der Waals surface area (Å²) in [6.07, 6.45) is 6.18. The fourth-order valence-electron chi connectivity index (χ4n) is 4.45. The van der Waals surface area contributed by atoms with E-state index >= 15 is 0 Å². The average Bonchev–Trinajstić information content (AvgIpc) is 2.90. The van der Waals surface area contributed by atoms with E-state index in [4.69, 9.17) is 21.1 Å². The second-order valence-corrected chi connectivity index (χ2v) is 9.04. The molecule has 0 aliphatic heterocycles. The Morgan fingerprint density at radius 1 is 0.914 bits per heavy atom. The van der Waals surface area contributed by atoms with Gasteiger partial charge in [-0.3, -0.25) is 4.79 Å². The van der Waals surface area contributed by atoms with Crippen LogP contribution in [0.1, 0.15) is 64.3 Å². The van der Waals surface area contributed by atoms with E-state index in [0.717, 1.165) is 0 Å². The molecule has 6 nitrogen and oxygen atoms in total. The summed E-state index contributed by atoms with van der Waals surface area (Å²) in [5.74, 6) is 0.313. The zero-order valence-electron chi connectivity index (χ0n) is 19.9. The predicted molar refractivity (Wildman–Crippen MR) is 139 cm³/mol. The number of methoxy groups -OCH3 is 2. The number of nitrogens with one attached hydrogen (secondary N) is 2. The Bertz CT molecular complexity index is 1220. The van der Waals surface area contributed by atoms with Gasteiger partial charge in [-0.2, -0.15) is 0 Å². The van der Waals surface area contributed by atoms with Crippen molar-refractivity contribution in [3.8, 4) is 5.75 Å². The molecule has 1 aliphatic carbocycles. The van der Waals surface area contributed by atoms with E-state index in [1.807, 2.05) is 18.2 Å². The van der Waals surface area contributed by atoms with Crippen molar-refractivity contribution >= 4 is 40.5 Å². The van der Waals surface area contributed by atoms with Gasteiger partial charge in [0, 0.05) is 11.3 Å². The number of carbonyl (C=O) groups is 2. The molecule has 3 aromatic rings. The summed E-state index contributed by atoms with van der Waals surface area (Å²) in [5, 5.41) is 6.64. The number of carbonyl (C=O) groups excluding carboxylic acids is 2. The number of rotatable bonds is 7. The first-order valence-corrected chi connectivity index (χ1v) is 12.1. The lowest BCUT2D eigenvalue weighted by Crippen LogP contribution is -2.13. The number of halogens is 1. The topological polar surface area (TPSA) is 76.7 Å². The van der Waals surface area contributed by atoms with E-state index in [1.165, 1.54) is 51.9 Å². The van der Waals surface area contributed by atoms with Crippen molar-refractivity contribution in [3.05, 3.63) is 82.4 Å². The van der Waals surface area contributed by atoms with Crippen LogP contribution < -0.4 is 15.4 Å². The fraction of sp³-hybridized carbons (Fsp3) is 0.286. The Morgan fingerprint density at radius 3 is 2.40 bits per heavy atom. The normalized spacial score (nSPS) is 13.7. The number of hydrogen-bond acceptors (Lipinski definition) is 5. The minimum atomic E-state index is -0.494. The minimum absolute atomic E-state index is 0.274. The molecule has 7 heteroatoms. The van der Waals surface area contributed by atoms with Gasteiger partial charge in [-0.25, -0.2) is 4.79 Å². The van der Waals surface area contributed by atoms with Gasteiger partial charge in [0.15, 0.2) is 0 Å². The van der Waals surface area contributed by atoms with E-state index in [1.54, 1.807) is 36.4 Å². The Labute approximate surface area is 210 Å². The molecule has 3 aromatic carbocycles. The lowest BCUT2D eigenvalue weighted by molar-refractivity contribution is 0.0601. The van der Waals surface area contributed by atoms with Crippen LogP contribution in [-0.2, 0) is 4.74 Å². The number of amides is 1.